The van der Waals surface area contributed by atoms with Gasteiger partial charge in [0.25, 0.3) is 23.3 Å². The molecule has 0 bridgehead atoms. The van der Waals surface area contributed by atoms with Gasteiger partial charge in [-0.05, 0) is 37.1 Å². The van der Waals surface area contributed by atoms with E-state index >= 15 is 0 Å². The molecule has 0 aliphatic heterocycles. The van der Waals surface area contributed by atoms with Crippen LogP contribution in [0.5, 0.6) is 0 Å². The first-order valence-electron chi connectivity index (χ1n) is 18.1. The topological polar surface area (TPSA) is 211 Å². The van der Waals surface area contributed by atoms with Crippen molar-refractivity contribution in [3.05, 3.63) is 88.4 Å². The molecule has 1 fully saturated rings. The number of nitrogens with zero attached hydrogens (tertiary/aromatic N) is 8. The SMILES string of the molecule is CNc1cc(Nc2cccnc2C(C)(F)F)nc2c(C(=O)NCC(C)(C)COCNc3cc(Nc4cccn(C)c4=O)nc4c(C(=O)NC5CC5)cnn34)cnn12. The van der Waals surface area contributed by atoms with Crippen molar-refractivity contribution in [2.45, 2.75) is 45.6 Å². The number of nitrogens with one attached hydrogen (secondary N) is 6. The van der Waals surface area contributed by atoms with Gasteiger partial charge in [0.05, 0.1) is 24.7 Å². The molecule has 0 aromatic carbocycles. The van der Waals surface area contributed by atoms with Crippen molar-refractivity contribution < 1.29 is 23.1 Å². The number of anilines is 6. The number of pyridine rings is 2. The summed E-state index contributed by atoms with van der Waals surface area (Å²) in [6.07, 6.45) is 7.60. The largest absolute Gasteiger partial charge is 0.373 e. The van der Waals surface area contributed by atoms with E-state index < -0.39 is 22.9 Å². The first kappa shape index (κ1) is 38.6. The van der Waals surface area contributed by atoms with Crippen molar-refractivity contribution >= 4 is 57.8 Å². The van der Waals surface area contributed by atoms with Crippen LogP contribution >= 0.6 is 0 Å². The number of halogens is 2. The van der Waals surface area contributed by atoms with Gasteiger partial charge in [0.2, 0.25) is 0 Å². The summed E-state index contributed by atoms with van der Waals surface area (Å²) in [5, 5.41) is 26.8. The number of aromatic nitrogens is 8. The van der Waals surface area contributed by atoms with Gasteiger partial charge < -0.3 is 41.2 Å². The number of amides is 2. The molecular weight excluding hydrogens is 742 g/mol. The van der Waals surface area contributed by atoms with E-state index in [0.29, 0.717) is 23.1 Å². The molecule has 6 heterocycles. The molecule has 1 aliphatic rings. The Kier molecular flexibility index (Phi) is 10.4. The maximum absolute atomic E-state index is 14.3. The number of aryl methyl sites for hydroxylation is 1. The molecule has 6 aromatic heterocycles. The number of hydrogen-bond acceptors (Lipinski definition) is 13. The van der Waals surface area contributed by atoms with E-state index in [0.717, 1.165) is 19.8 Å². The fraction of sp³-hybridized carbons (Fsp3) is 0.351. The van der Waals surface area contributed by atoms with E-state index in [9.17, 15) is 23.2 Å². The van der Waals surface area contributed by atoms with Gasteiger partial charge in [-0.2, -0.15) is 28.0 Å². The van der Waals surface area contributed by atoms with Crippen molar-refractivity contribution in [2.75, 3.05) is 48.2 Å². The number of rotatable bonds is 16. The number of alkyl halides is 2. The van der Waals surface area contributed by atoms with Crippen LogP contribution in [0.1, 0.15) is 60.0 Å². The van der Waals surface area contributed by atoms with Crippen LogP contribution in [-0.4, -0.2) is 83.5 Å². The second kappa shape index (κ2) is 15.4. The van der Waals surface area contributed by atoms with E-state index in [1.54, 1.807) is 44.6 Å². The zero-order valence-corrected chi connectivity index (χ0v) is 31.9. The third kappa shape index (κ3) is 8.59. The van der Waals surface area contributed by atoms with Crippen LogP contribution in [0.2, 0.25) is 0 Å². The second-order valence-electron chi connectivity index (χ2n) is 14.5. The maximum Gasteiger partial charge on any atom is 0.289 e. The van der Waals surface area contributed by atoms with Gasteiger partial charge in [-0.25, -0.2) is 9.97 Å². The molecule has 6 N–H and O–H groups in total. The molecule has 6 aromatic rings. The monoisotopic (exact) mass is 784 g/mol. The Bertz CT molecular complexity index is 2520. The van der Waals surface area contributed by atoms with E-state index in [1.165, 1.54) is 44.3 Å². The van der Waals surface area contributed by atoms with Crippen molar-refractivity contribution in [3.8, 4) is 0 Å². The summed E-state index contributed by atoms with van der Waals surface area (Å²) in [6.45, 7) is 5.05. The van der Waals surface area contributed by atoms with Crippen LogP contribution in [0.15, 0.2) is 66.0 Å². The molecule has 1 aliphatic carbocycles. The average molecular weight is 785 g/mol. The van der Waals surface area contributed by atoms with Gasteiger partial charge in [0.1, 0.15) is 52.5 Å². The summed E-state index contributed by atoms with van der Waals surface area (Å²) in [5.41, 5.74) is 0.0610. The van der Waals surface area contributed by atoms with Gasteiger partial charge in [-0.3, -0.25) is 19.4 Å². The minimum absolute atomic E-state index is 0.0235. The third-order valence-corrected chi connectivity index (χ3v) is 9.05. The average Bonchev–Trinajstić information content (AvgIpc) is 3.71. The van der Waals surface area contributed by atoms with Crippen LogP contribution in [-0.2, 0) is 17.7 Å². The van der Waals surface area contributed by atoms with Crippen molar-refractivity contribution in [2.24, 2.45) is 12.5 Å². The number of fused-ring (bicyclic) bond motifs is 2. The van der Waals surface area contributed by atoms with E-state index in [-0.39, 0.29) is 71.3 Å². The summed E-state index contributed by atoms with van der Waals surface area (Å²) in [6, 6.07) is 9.74. The van der Waals surface area contributed by atoms with E-state index in [2.05, 4.69) is 57.1 Å². The summed E-state index contributed by atoms with van der Waals surface area (Å²) in [5.74, 6) is -2.52. The molecule has 0 spiro atoms. The van der Waals surface area contributed by atoms with Crippen LogP contribution < -0.4 is 37.5 Å². The van der Waals surface area contributed by atoms with Gasteiger partial charge in [-0.15, -0.1) is 0 Å². The maximum atomic E-state index is 14.3. The van der Waals surface area contributed by atoms with E-state index in [4.69, 9.17) is 4.74 Å². The third-order valence-electron chi connectivity index (χ3n) is 9.05. The number of carbonyl (C=O) groups excluding carboxylic acids is 2. The minimum atomic E-state index is -3.21. The second-order valence-corrected chi connectivity index (χ2v) is 14.5. The zero-order chi connectivity index (χ0) is 40.5. The Morgan fingerprint density at radius 2 is 1.54 bits per heavy atom. The van der Waals surface area contributed by atoms with Gasteiger partial charge in [-0.1, -0.05) is 13.8 Å². The van der Waals surface area contributed by atoms with Crippen LogP contribution in [0.4, 0.5) is 43.4 Å². The molecule has 20 heteroatoms. The first-order valence-corrected chi connectivity index (χ1v) is 18.1. The van der Waals surface area contributed by atoms with Crippen LogP contribution in [0.3, 0.4) is 0 Å². The van der Waals surface area contributed by atoms with Crippen molar-refractivity contribution in [1.29, 1.82) is 0 Å². The predicted molar refractivity (Wildman–Crippen MR) is 209 cm³/mol. The van der Waals surface area contributed by atoms with Gasteiger partial charge in [0, 0.05) is 63.5 Å². The molecule has 0 saturated heterocycles. The van der Waals surface area contributed by atoms with Crippen molar-refractivity contribution in [1.82, 2.24) is 49.4 Å². The highest BCUT2D eigenvalue weighted by molar-refractivity contribution is 6.01. The Morgan fingerprint density at radius 3 is 2.21 bits per heavy atom. The van der Waals surface area contributed by atoms with Gasteiger partial charge >= 0.3 is 0 Å². The Labute approximate surface area is 324 Å². The van der Waals surface area contributed by atoms with Crippen LogP contribution in [0.25, 0.3) is 11.3 Å². The fourth-order valence-corrected chi connectivity index (χ4v) is 5.91. The summed E-state index contributed by atoms with van der Waals surface area (Å²) in [7, 11) is 3.31. The summed E-state index contributed by atoms with van der Waals surface area (Å²) >= 11 is 0. The molecule has 0 radical (unpaired) electrons. The molecule has 0 atom stereocenters. The highest BCUT2D eigenvalue weighted by Gasteiger charge is 2.30. The lowest BCUT2D eigenvalue weighted by atomic mass is 9.95. The molecular formula is C37H42F2N14O4. The Balaban J connectivity index is 1.01. The quantitative estimate of drug-likeness (QED) is 0.0600. The molecule has 298 valence electrons. The molecule has 0 unspecified atom stereocenters. The number of hydrogen-bond donors (Lipinski definition) is 6. The van der Waals surface area contributed by atoms with Gasteiger partial charge in [0.15, 0.2) is 11.3 Å². The summed E-state index contributed by atoms with van der Waals surface area (Å²) in [4.78, 5) is 52.2. The number of ether oxygens (including phenoxy) is 1. The molecule has 57 heavy (non-hydrogen) atoms. The Hall–Kier alpha value is -6.70. The highest BCUT2D eigenvalue weighted by Crippen LogP contribution is 2.33. The molecule has 18 nitrogen and oxygen atoms in total. The standard InChI is InChI=1S/C37H42F2N14O4/c1-36(2,18-42-33(54)22-16-44-52-28(40-4)14-26(49-31(22)52)47-24-8-6-12-41-30(24)37(3,38)39)19-57-20-43-29-15-27(48-25-9-7-13-51(5)35(25)56)50-32-23(17-45-53(29)32)34(55)46-21-10-11-21/h6-9,12-17,21,40,43H,10-11,18-20H2,1-5H3,(H,42,54)(H,46,55)(H,47,49)(H,48,50). The lowest BCUT2D eigenvalue weighted by Gasteiger charge is -2.25. The number of carbonyl (C=O) groups is 2. The Morgan fingerprint density at radius 1 is 0.912 bits per heavy atom. The normalized spacial score (nSPS) is 13.1. The molecule has 7 rings (SSSR count). The first-order chi connectivity index (χ1) is 27.2. The molecule has 1 saturated carbocycles. The smallest absolute Gasteiger partial charge is 0.289 e. The zero-order valence-electron chi connectivity index (χ0n) is 31.9. The van der Waals surface area contributed by atoms with Crippen LogP contribution in [0, 0.1) is 5.41 Å². The predicted octanol–water partition coefficient (Wildman–Crippen LogP) is 4.24. The minimum Gasteiger partial charge on any atom is -0.373 e. The summed E-state index contributed by atoms with van der Waals surface area (Å²) < 4.78 is 38.9. The fourth-order valence-electron chi connectivity index (χ4n) is 5.91. The highest BCUT2D eigenvalue weighted by atomic mass is 19.3. The molecule has 2 amide bonds. The lowest BCUT2D eigenvalue weighted by Crippen LogP contribution is -2.37. The van der Waals surface area contributed by atoms with Crippen molar-refractivity contribution in [3.63, 3.8) is 0 Å². The lowest BCUT2D eigenvalue weighted by molar-refractivity contribution is 0.0136. The van der Waals surface area contributed by atoms with E-state index in [1.807, 2.05) is 13.8 Å².